The number of benzene rings is 1. The lowest BCUT2D eigenvalue weighted by Crippen LogP contribution is -2.29. The van der Waals surface area contributed by atoms with Crippen molar-refractivity contribution in [2.24, 2.45) is 0 Å². The third-order valence-corrected chi connectivity index (χ3v) is 2.41. The van der Waals surface area contributed by atoms with E-state index in [9.17, 15) is 4.79 Å². The lowest BCUT2D eigenvalue weighted by Gasteiger charge is -2.15. The first kappa shape index (κ1) is 15.8. The van der Waals surface area contributed by atoms with E-state index < -0.39 is 5.97 Å². The Hall–Kier alpha value is -2.30. The largest absolute Gasteiger partial charge is 0.478 e. The zero-order chi connectivity index (χ0) is 15.0. The predicted molar refractivity (Wildman–Crippen MR) is 79.0 cm³/mol. The van der Waals surface area contributed by atoms with Crippen molar-refractivity contribution < 1.29 is 19.4 Å². The van der Waals surface area contributed by atoms with E-state index >= 15 is 0 Å². The summed E-state index contributed by atoms with van der Waals surface area (Å²) in [6.07, 6.45) is 5.11. The van der Waals surface area contributed by atoms with Crippen molar-refractivity contribution in [1.82, 2.24) is 5.32 Å². The number of terminal acetylenes is 1. The quantitative estimate of drug-likeness (QED) is 0.414. The number of carboxylic acid groups (broad SMARTS) is 1. The number of ether oxygens (including phenoxy) is 2. The Morgan fingerprint density at radius 3 is 2.90 bits per heavy atom. The van der Waals surface area contributed by atoms with Gasteiger partial charge in [-0.2, -0.15) is 0 Å². The van der Waals surface area contributed by atoms with Crippen molar-refractivity contribution in [3.05, 3.63) is 23.8 Å². The first-order chi connectivity index (χ1) is 9.60. The van der Waals surface area contributed by atoms with E-state index in [4.69, 9.17) is 33.2 Å². The topological polar surface area (TPSA) is 79.8 Å². The summed E-state index contributed by atoms with van der Waals surface area (Å²) in [5.74, 6) is 1.41. The minimum Gasteiger partial charge on any atom is -0.478 e. The van der Waals surface area contributed by atoms with Gasteiger partial charge in [-0.1, -0.05) is 12.0 Å². The number of aromatic carboxylic acids is 1. The molecule has 0 aliphatic rings. The van der Waals surface area contributed by atoms with Crippen LogP contribution in [0.25, 0.3) is 0 Å². The summed E-state index contributed by atoms with van der Waals surface area (Å²) in [6.45, 7) is 0.183. The number of methoxy groups -OCH3 is 1. The molecule has 0 saturated carbocycles. The van der Waals surface area contributed by atoms with Crippen LogP contribution in [0.5, 0.6) is 5.75 Å². The SMILES string of the molecule is C#CCNC(=S)Nc1cccc(C(=O)O)c1OCOC. The Labute approximate surface area is 122 Å². The summed E-state index contributed by atoms with van der Waals surface area (Å²) < 4.78 is 10.1. The minimum absolute atomic E-state index is 0.00630. The molecule has 1 aromatic carbocycles. The lowest BCUT2D eigenvalue weighted by molar-refractivity contribution is 0.0488. The van der Waals surface area contributed by atoms with Gasteiger partial charge in [-0.05, 0) is 24.4 Å². The Morgan fingerprint density at radius 2 is 2.30 bits per heavy atom. The number of carbonyl (C=O) groups is 1. The molecule has 0 heterocycles. The maximum Gasteiger partial charge on any atom is 0.339 e. The predicted octanol–water partition coefficient (Wildman–Crippen LogP) is 1.29. The number of anilines is 1. The number of nitrogens with one attached hydrogen (secondary N) is 2. The van der Waals surface area contributed by atoms with Gasteiger partial charge in [0.2, 0.25) is 0 Å². The second-order valence-corrected chi connectivity index (χ2v) is 3.96. The fourth-order valence-corrected chi connectivity index (χ4v) is 1.56. The maximum atomic E-state index is 11.2. The van der Waals surface area contributed by atoms with E-state index in [1.807, 2.05) is 0 Å². The van der Waals surface area contributed by atoms with Gasteiger partial charge in [0.1, 0.15) is 5.56 Å². The molecule has 7 heteroatoms. The van der Waals surface area contributed by atoms with Crippen LogP contribution in [0.1, 0.15) is 10.4 Å². The molecule has 1 aromatic rings. The molecule has 0 aliphatic heterocycles. The van der Waals surface area contributed by atoms with Gasteiger partial charge >= 0.3 is 5.97 Å². The third-order valence-electron chi connectivity index (χ3n) is 2.17. The molecule has 0 bridgehead atoms. The van der Waals surface area contributed by atoms with Gasteiger partial charge < -0.3 is 25.2 Å². The van der Waals surface area contributed by atoms with Crippen LogP contribution >= 0.6 is 12.2 Å². The molecule has 3 N–H and O–H groups in total. The third kappa shape index (κ3) is 4.42. The molecule has 6 nitrogen and oxygen atoms in total. The molecule has 0 fully saturated rings. The number of hydrogen-bond acceptors (Lipinski definition) is 4. The number of thiocarbonyl (C=S) groups is 1. The highest BCUT2D eigenvalue weighted by molar-refractivity contribution is 7.80. The average molecular weight is 294 g/mol. The Kier molecular flexibility index (Phi) is 6.29. The van der Waals surface area contributed by atoms with Gasteiger partial charge in [-0.3, -0.25) is 0 Å². The zero-order valence-corrected chi connectivity index (χ0v) is 11.6. The van der Waals surface area contributed by atoms with Crippen molar-refractivity contribution >= 4 is 29.0 Å². The summed E-state index contributed by atoms with van der Waals surface area (Å²) in [6, 6.07) is 4.65. The van der Waals surface area contributed by atoms with Crippen molar-refractivity contribution in [2.75, 3.05) is 25.8 Å². The standard InChI is InChI=1S/C13H14N2O4S/c1-3-7-14-13(20)15-10-6-4-5-9(12(16)17)11(10)19-8-18-2/h1,4-6H,7-8H2,2H3,(H,16,17)(H2,14,15,20). The van der Waals surface area contributed by atoms with Crippen LogP contribution in [0.2, 0.25) is 0 Å². The van der Waals surface area contributed by atoms with Crippen molar-refractivity contribution in [1.29, 1.82) is 0 Å². The normalized spacial score (nSPS) is 9.40. The van der Waals surface area contributed by atoms with Gasteiger partial charge in [0.25, 0.3) is 0 Å². The molecule has 0 aromatic heterocycles. The van der Waals surface area contributed by atoms with E-state index in [2.05, 4.69) is 16.6 Å². The summed E-state index contributed by atoms with van der Waals surface area (Å²) in [4.78, 5) is 11.2. The summed E-state index contributed by atoms with van der Waals surface area (Å²) in [7, 11) is 1.44. The fourth-order valence-electron chi connectivity index (χ4n) is 1.38. The van der Waals surface area contributed by atoms with Crippen molar-refractivity contribution in [2.45, 2.75) is 0 Å². The van der Waals surface area contributed by atoms with E-state index in [1.165, 1.54) is 13.2 Å². The molecule has 106 valence electrons. The van der Waals surface area contributed by atoms with Crippen LogP contribution < -0.4 is 15.4 Å². The van der Waals surface area contributed by atoms with E-state index in [0.29, 0.717) is 5.69 Å². The highest BCUT2D eigenvalue weighted by atomic mass is 32.1. The van der Waals surface area contributed by atoms with E-state index in [1.54, 1.807) is 12.1 Å². The molecule has 1 rings (SSSR count). The maximum absolute atomic E-state index is 11.2. The molecular weight excluding hydrogens is 280 g/mol. The van der Waals surface area contributed by atoms with Crippen LogP contribution in [-0.4, -0.2) is 36.6 Å². The van der Waals surface area contributed by atoms with Gasteiger partial charge in [0, 0.05) is 7.11 Å². The van der Waals surface area contributed by atoms with Crippen LogP contribution in [0.3, 0.4) is 0 Å². The van der Waals surface area contributed by atoms with E-state index in [-0.39, 0.29) is 29.8 Å². The second-order valence-electron chi connectivity index (χ2n) is 3.55. The Bertz CT molecular complexity index is 540. The number of hydrogen-bond donors (Lipinski definition) is 3. The summed E-state index contributed by atoms with van der Waals surface area (Å²) in [5, 5.41) is 15.0. The average Bonchev–Trinajstić information content (AvgIpc) is 2.43. The second kappa shape index (κ2) is 7.99. The van der Waals surface area contributed by atoms with Crippen LogP contribution in [0.15, 0.2) is 18.2 Å². The molecule has 0 radical (unpaired) electrons. The summed E-state index contributed by atoms with van der Waals surface area (Å²) >= 11 is 5.03. The van der Waals surface area contributed by atoms with Crippen molar-refractivity contribution in [3.63, 3.8) is 0 Å². The van der Waals surface area contributed by atoms with Crippen molar-refractivity contribution in [3.8, 4) is 18.1 Å². The van der Waals surface area contributed by atoms with Gasteiger partial charge in [-0.15, -0.1) is 6.42 Å². The number of rotatable bonds is 6. The van der Waals surface area contributed by atoms with Crippen LogP contribution in [0, 0.1) is 12.3 Å². The van der Waals surface area contributed by atoms with Gasteiger partial charge in [-0.25, -0.2) is 4.79 Å². The molecule has 0 unspecified atom stereocenters. The fraction of sp³-hybridized carbons (Fsp3) is 0.231. The Morgan fingerprint density at radius 1 is 1.55 bits per heavy atom. The first-order valence-corrected chi connectivity index (χ1v) is 5.97. The zero-order valence-electron chi connectivity index (χ0n) is 10.8. The molecule has 0 saturated heterocycles. The smallest absolute Gasteiger partial charge is 0.339 e. The van der Waals surface area contributed by atoms with Crippen LogP contribution in [-0.2, 0) is 4.74 Å². The highest BCUT2D eigenvalue weighted by Crippen LogP contribution is 2.29. The molecule has 0 aliphatic carbocycles. The Balaban J connectivity index is 2.99. The highest BCUT2D eigenvalue weighted by Gasteiger charge is 2.16. The molecular formula is C13H14N2O4S. The molecule has 0 atom stereocenters. The molecule has 0 spiro atoms. The minimum atomic E-state index is -1.11. The lowest BCUT2D eigenvalue weighted by atomic mass is 10.1. The van der Waals surface area contributed by atoms with Gasteiger partial charge in [0.05, 0.1) is 12.2 Å². The number of carboxylic acids is 1. The monoisotopic (exact) mass is 294 g/mol. The summed E-state index contributed by atoms with van der Waals surface area (Å²) in [5.41, 5.74) is 0.420. The molecule has 0 amide bonds. The van der Waals surface area contributed by atoms with Crippen LogP contribution in [0.4, 0.5) is 5.69 Å². The molecule has 20 heavy (non-hydrogen) atoms. The van der Waals surface area contributed by atoms with Gasteiger partial charge in [0.15, 0.2) is 17.7 Å². The van der Waals surface area contributed by atoms with E-state index in [0.717, 1.165) is 0 Å². The number of para-hydroxylation sites is 1. The first-order valence-electron chi connectivity index (χ1n) is 5.56.